The lowest BCUT2D eigenvalue weighted by atomic mass is 10.1. The minimum absolute atomic E-state index is 0.00361. The standard InChI is InChI=1S/C26H25N3O2/c30-26(28-17-16-27-22-7-2-1-3-8-22)18-20-10-14-24(15-11-20)31-19-23-13-12-21-6-4-5-9-25(21)29-23/h1-15,27H,16-19H2,(H,28,30). The van der Waals surface area contributed by atoms with E-state index in [1.54, 1.807) is 0 Å². The molecule has 3 aromatic carbocycles. The Bertz CT molecular complexity index is 1130. The first-order chi connectivity index (χ1) is 15.3. The monoisotopic (exact) mass is 411 g/mol. The lowest BCUT2D eigenvalue weighted by molar-refractivity contribution is -0.120. The summed E-state index contributed by atoms with van der Waals surface area (Å²) in [6, 6.07) is 29.6. The Labute approximate surface area is 182 Å². The number of nitrogens with zero attached hydrogens (tertiary/aromatic N) is 1. The van der Waals surface area contributed by atoms with Crippen LogP contribution in [0, 0.1) is 0 Å². The van der Waals surface area contributed by atoms with Crippen molar-refractivity contribution < 1.29 is 9.53 Å². The third-order valence-electron chi connectivity index (χ3n) is 4.88. The molecule has 0 saturated heterocycles. The first-order valence-corrected chi connectivity index (χ1v) is 10.4. The zero-order valence-electron chi connectivity index (χ0n) is 17.3. The number of fused-ring (bicyclic) bond motifs is 1. The van der Waals surface area contributed by atoms with Gasteiger partial charge in [0.1, 0.15) is 12.4 Å². The number of nitrogens with one attached hydrogen (secondary N) is 2. The molecule has 0 aliphatic heterocycles. The number of carbonyl (C=O) groups is 1. The molecule has 0 fully saturated rings. The van der Waals surface area contributed by atoms with Crippen LogP contribution in [0.25, 0.3) is 10.9 Å². The van der Waals surface area contributed by atoms with Crippen molar-refractivity contribution in [3.63, 3.8) is 0 Å². The predicted octanol–water partition coefficient (Wildman–Crippen LogP) is 4.58. The molecule has 156 valence electrons. The Balaban J connectivity index is 1.20. The molecule has 1 heterocycles. The molecule has 0 aliphatic rings. The number of hydrogen-bond acceptors (Lipinski definition) is 4. The minimum Gasteiger partial charge on any atom is -0.487 e. The molecule has 0 radical (unpaired) electrons. The number of carbonyl (C=O) groups excluding carboxylic acids is 1. The lowest BCUT2D eigenvalue weighted by Crippen LogP contribution is -2.29. The van der Waals surface area contributed by atoms with Crippen LogP contribution in [0.5, 0.6) is 5.75 Å². The van der Waals surface area contributed by atoms with Crippen molar-refractivity contribution in [3.05, 3.63) is 102 Å². The van der Waals surface area contributed by atoms with Gasteiger partial charge in [0.15, 0.2) is 0 Å². The smallest absolute Gasteiger partial charge is 0.224 e. The fourth-order valence-electron chi connectivity index (χ4n) is 3.26. The van der Waals surface area contributed by atoms with E-state index in [0.717, 1.165) is 33.6 Å². The van der Waals surface area contributed by atoms with Crippen molar-refractivity contribution in [2.24, 2.45) is 0 Å². The van der Waals surface area contributed by atoms with Crippen LogP contribution in [-0.4, -0.2) is 24.0 Å². The molecule has 0 unspecified atom stereocenters. The van der Waals surface area contributed by atoms with Gasteiger partial charge in [0.25, 0.3) is 0 Å². The van der Waals surface area contributed by atoms with Crippen LogP contribution in [0.2, 0.25) is 0 Å². The van der Waals surface area contributed by atoms with Crippen LogP contribution in [0.15, 0.2) is 91.0 Å². The van der Waals surface area contributed by atoms with Gasteiger partial charge >= 0.3 is 0 Å². The molecule has 1 aromatic heterocycles. The molecule has 31 heavy (non-hydrogen) atoms. The number of pyridine rings is 1. The zero-order valence-corrected chi connectivity index (χ0v) is 17.3. The van der Waals surface area contributed by atoms with E-state index in [2.05, 4.69) is 21.7 Å². The molecule has 0 saturated carbocycles. The van der Waals surface area contributed by atoms with E-state index >= 15 is 0 Å². The summed E-state index contributed by atoms with van der Waals surface area (Å²) in [4.78, 5) is 16.8. The fourth-order valence-corrected chi connectivity index (χ4v) is 3.26. The largest absolute Gasteiger partial charge is 0.487 e. The summed E-state index contributed by atoms with van der Waals surface area (Å²) in [5, 5.41) is 7.32. The summed E-state index contributed by atoms with van der Waals surface area (Å²) in [6.07, 6.45) is 0.345. The fraction of sp³-hybridized carbons (Fsp3) is 0.154. The van der Waals surface area contributed by atoms with Crippen LogP contribution in [0.1, 0.15) is 11.3 Å². The average Bonchev–Trinajstić information content (AvgIpc) is 2.82. The van der Waals surface area contributed by atoms with Crippen LogP contribution in [-0.2, 0) is 17.8 Å². The second-order valence-electron chi connectivity index (χ2n) is 7.25. The van der Waals surface area contributed by atoms with Crippen molar-refractivity contribution in [1.82, 2.24) is 10.3 Å². The van der Waals surface area contributed by atoms with Crippen LogP contribution in [0.3, 0.4) is 0 Å². The van der Waals surface area contributed by atoms with Gasteiger partial charge in [0.2, 0.25) is 5.91 Å². The second kappa shape index (κ2) is 10.3. The Kier molecular flexibility index (Phi) is 6.75. The number of hydrogen-bond donors (Lipinski definition) is 2. The molecular weight excluding hydrogens is 386 g/mol. The first kappa shape index (κ1) is 20.4. The normalized spacial score (nSPS) is 10.6. The van der Waals surface area contributed by atoms with E-state index in [4.69, 9.17) is 4.74 Å². The molecule has 1 amide bonds. The number of anilines is 1. The summed E-state index contributed by atoms with van der Waals surface area (Å²) in [5.41, 5.74) is 3.84. The maximum Gasteiger partial charge on any atom is 0.224 e. The maximum absolute atomic E-state index is 12.1. The summed E-state index contributed by atoms with van der Waals surface area (Å²) >= 11 is 0. The highest BCUT2D eigenvalue weighted by molar-refractivity contribution is 5.79. The number of rotatable bonds is 9. The van der Waals surface area contributed by atoms with Gasteiger partial charge in [-0.1, -0.05) is 54.6 Å². The quantitative estimate of drug-likeness (QED) is 0.396. The Morgan fingerprint density at radius 3 is 2.42 bits per heavy atom. The molecule has 2 N–H and O–H groups in total. The van der Waals surface area contributed by atoms with E-state index in [1.807, 2.05) is 84.9 Å². The van der Waals surface area contributed by atoms with Gasteiger partial charge < -0.3 is 15.4 Å². The van der Waals surface area contributed by atoms with E-state index in [-0.39, 0.29) is 5.91 Å². The van der Waals surface area contributed by atoms with Gasteiger partial charge in [-0.3, -0.25) is 4.79 Å². The molecule has 4 rings (SSSR count). The van der Waals surface area contributed by atoms with Gasteiger partial charge in [-0.05, 0) is 42.0 Å². The number of para-hydroxylation sites is 2. The third-order valence-corrected chi connectivity index (χ3v) is 4.88. The van der Waals surface area contributed by atoms with Gasteiger partial charge in [0.05, 0.1) is 17.6 Å². The number of aromatic nitrogens is 1. The summed E-state index contributed by atoms with van der Waals surface area (Å²) in [7, 11) is 0. The zero-order chi connectivity index (χ0) is 21.3. The first-order valence-electron chi connectivity index (χ1n) is 10.4. The van der Waals surface area contributed by atoms with Gasteiger partial charge in [-0.25, -0.2) is 4.98 Å². The molecular formula is C26H25N3O2. The van der Waals surface area contributed by atoms with Crippen molar-refractivity contribution in [2.45, 2.75) is 13.0 Å². The SMILES string of the molecule is O=C(Cc1ccc(OCc2ccc3ccccc3n2)cc1)NCCNc1ccccc1. The minimum atomic E-state index is 0.00361. The van der Waals surface area contributed by atoms with Crippen molar-refractivity contribution in [3.8, 4) is 5.75 Å². The maximum atomic E-state index is 12.1. The van der Waals surface area contributed by atoms with Crippen LogP contribution in [0.4, 0.5) is 5.69 Å². The number of amides is 1. The van der Waals surface area contributed by atoms with E-state index in [1.165, 1.54) is 0 Å². The molecule has 0 spiro atoms. The topological polar surface area (TPSA) is 63.2 Å². The number of ether oxygens (including phenoxy) is 1. The molecule has 5 nitrogen and oxygen atoms in total. The number of benzene rings is 3. The summed E-state index contributed by atoms with van der Waals surface area (Å²) in [6.45, 7) is 1.66. The van der Waals surface area contributed by atoms with E-state index < -0.39 is 0 Å². The van der Waals surface area contributed by atoms with Gasteiger partial charge in [-0.2, -0.15) is 0 Å². The molecule has 4 aromatic rings. The molecule has 5 heteroatoms. The van der Waals surface area contributed by atoms with Gasteiger partial charge in [-0.15, -0.1) is 0 Å². The third kappa shape index (κ3) is 6.06. The second-order valence-corrected chi connectivity index (χ2v) is 7.25. The molecule has 0 bridgehead atoms. The summed E-state index contributed by atoms with van der Waals surface area (Å²) in [5.74, 6) is 0.759. The Hall–Kier alpha value is -3.86. The van der Waals surface area contributed by atoms with E-state index in [0.29, 0.717) is 26.1 Å². The van der Waals surface area contributed by atoms with Crippen molar-refractivity contribution in [2.75, 3.05) is 18.4 Å². The van der Waals surface area contributed by atoms with Crippen LogP contribution >= 0.6 is 0 Å². The van der Waals surface area contributed by atoms with Crippen molar-refractivity contribution >= 4 is 22.5 Å². The van der Waals surface area contributed by atoms with Crippen molar-refractivity contribution in [1.29, 1.82) is 0 Å². The highest BCUT2D eigenvalue weighted by Gasteiger charge is 2.04. The van der Waals surface area contributed by atoms with Gasteiger partial charge in [0, 0.05) is 24.2 Å². The summed E-state index contributed by atoms with van der Waals surface area (Å²) < 4.78 is 5.85. The molecule has 0 aliphatic carbocycles. The highest BCUT2D eigenvalue weighted by Crippen LogP contribution is 2.16. The lowest BCUT2D eigenvalue weighted by Gasteiger charge is -2.09. The molecule has 0 atom stereocenters. The average molecular weight is 412 g/mol. The highest BCUT2D eigenvalue weighted by atomic mass is 16.5. The Morgan fingerprint density at radius 1 is 0.806 bits per heavy atom. The Morgan fingerprint density at radius 2 is 1.58 bits per heavy atom. The van der Waals surface area contributed by atoms with E-state index in [9.17, 15) is 4.79 Å². The van der Waals surface area contributed by atoms with Crippen LogP contribution < -0.4 is 15.4 Å². The predicted molar refractivity (Wildman–Crippen MR) is 124 cm³/mol.